The Kier molecular flexibility index (Phi) is 6.08. The van der Waals surface area contributed by atoms with Gasteiger partial charge in [-0.3, -0.25) is 14.5 Å². The number of aromatic nitrogens is 1. The van der Waals surface area contributed by atoms with E-state index in [1.165, 1.54) is 13.1 Å². The van der Waals surface area contributed by atoms with Crippen LogP contribution in [-0.4, -0.2) is 32.4 Å². The van der Waals surface area contributed by atoms with E-state index in [0.717, 1.165) is 0 Å². The highest BCUT2D eigenvalue weighted by atomic mass is 32.2. The van der Waals surface area contributed by atoms with E-state index in [2.05, 4.69) is 15.0 Å². The van der Waals surface area contributed by atoms with Crippen molar-refractivity contribution in [1.82, 2.24) is 15.0 Å². The summed E-state index contributed by atoms with van der Waals surface area (Å²) in [5.41, 5.74) is 0.307. The summed E-state index contributed by atoms with van der Waals surface area (Å²) in [6, 6.07) is 4.48. The van der Waals surface area contributed by atoms with Gasteiger partial charge in [-0.2, -0.15) is 0 Å². The Bertz CT molecular complexity index is 594. The standard InChI is InChI=1S/C15H25N3O3S/c1-11(12-8-6-7-9-17-12)22(20,21)18-14(19)13(16-5)10-15(2,3)4/h6-9,11,13,16H,10H2,1-5H3,(H,18,19). The summed E-state index contributed by atoms with van der Waals surface area (Å²) in [5.74, 6) is -0.541. The van der Waals surface area contributed by atoms with E-state index in [-0.39, 0.29) is 5.41 Å². The smallest absolute Gasteiger partial charge is 0.250 e. The fourth-order valence-corrected chi connectivity index (χ4v) is 3.07. The van der Waals surface area contributed by atoms with Gasteiger partial charge in [0.15, 0.2) is 0 Å². The number of pyridine rings is 1. The SMILES string of the molecule is CNC(CC(C)(C)C)C(=O)NS(=O)(=O)C(C)c1ccccn1. The van der Waals surface area contributed by atoms with Crippen molar-refractivity contribution >= 4 is 15.9 Å². The first-order chi connectivity index (χ1) is 10.1. The van der Waals surface area contributed by atoms with Gasteiger partial charge in [0, 0.05) is 6.20 Å². The maximum absolute atomic E-state index is 12.3. The second kappa shape index (κ2) is 7.19. The lowest BCUT2D eigenvalue weighted by Crippen LogP contribution is -2.47. The van der Waals surface area contributed by atoms with E-state index in [0.29, 0.717) is 12.1 Å². The summed E-state index contributed by atoms with van der Waals surface area (Å²) >= 11 is 0. The number of nitrogens with one attached hydrogen (secondary N) is 2. The van der Waals surface area contributed by atoms with Crippen molar-refractivity contribution in [3.8, 4) is 0 Å². The molecule has 0 fully saturated rings. The molecule has 124 valence electrons. The van der Waals surface area contributed by atoms with E-state index in [9.17, 15) is 13.2 Å². The van der Waals surface area contributed by atoms with Gasteiger partial charge in [-0.1, -0.05) is 26.8 Å². The topological polar surface area (TPSA) is 88.2 Å². The van der Waals surface area contributed by atoms with Crippen molar-refractivity contribution in [2.45, 2.75) is 45.4 Å². The largest absolute Gasteiger partial charge is 0.309 e. The van der Waals surface area contributed by atoms with Crippen LogP contribution < -0.4 is 10.0 Å². The molecule has 7 heteroatoms. The molecule has 0 saturated heterocycles. The van der Waals surface area contributed by atoms with Gasteiger partial charge >= 0.3 is 0 Å². The third-order valence-corrected chi connectivity index (χ3v) is 4.95. The molecule has 1 aromatic rings. The minimum atomic E-state index is -3.83. The number of hydrogen-bond donors (Lipinski definition) is 2. The predicted octanol–water partition coefficient (Wildman–Crippen LogP) is 1.61. The van der Waals surface area contributed by atoms with E-state index in [1.54, 1.807) is 25.2 Å². The van der Waals surface area contributed by atoms with Crippen LogP contribution in [0.5, 0.6) is 0 Å². The number of rotatable bonds is 6. The van der Waals surface area contributed by atoms with Gasteiger partial charge in [-0.05, 0) is 37.9 Å². The van der Waals surface area contributed by atoms with Crippen molar-refractivity contribution < 1.29 is 13.2 Å². The maximum atomic E-state index is 12.3. The molecule has 2 unspecified atom stereocenters. The van der Waals surface area contributed by atoms with Gasteiger partial charge in [-0.25, -0.2) is 8.42 Å². The summed E-state index contributed by atoms with van der Waals surface area (Å²) in [6.07, 6.45) is 2.06. The number of sulfonamides is 1. The average Bonchev–Trinajstić information content (AvgIpc) is 2.43. The van der Waals surface area contributed by atoms with Crippen LogP contribution in [0.15, 0.2) is 24.4 Å². The zero-order valence-corrected chi connectivity index (χ0v) is 14.6. The van der Waals surface area contributed by atoms with Crippen LogP contribution in [0.2, 0.25) is 0 Å². The summed E-state index contributed by atoms with van der Waals surface area (Å²) in [4.78, 5) is 16.3. The zero-order valence-electron chi connectivity index (χ0n) is 13.8. The summed E-state index contributed by atoms with van der Waals surface area (Å²) < 4.78 is 26.8. The molecule has 1 heterocycles. The van der Waals surface area contributed by atoms with Gasteiger partial charge in [0.05, 0.1) is 11.7 Å². The molecule has 0 radical (unpaired) electrons. The van der Waals surface area contributed by atoms with Crippen LogP contribution in [0.3, 0.4) is 0 Å². The highest BCUT2D eigenvalue weighted by Gasteiger charge is 2.30. The van der Waals surface area contributed by atoms with Crippen molar-refractivity contribution in [3.63, 3.8) is 0 Å². The Morgan fingerprint density at radius 1 is 1.32 bits per heavy atom. The Labute approximate surface area is 132 Å². The van der Waals surface area contributed by atoms with Crippen LogP contribution in [0, 0.1) is 5.41 Å². The fourth-order valence-electron chi connectivity index (χ4n) is 2.01. The zero-order chi connectivity index (χ0) is 17.0. The van der Waals surface area contributed by atoms with Gasteiger partial charge in [-0.15, -0.1) is 0 Å². The van der Waals surface area contributed by atoms with Crippen molar-refractivity contribution in [1.29, 1.82) is 0 Å². The van der Waals surface area contributed by atoms with Crippen LogP contribution in [0.25, 0.3) is 0 Å². The van der Waals surface area contributed by atoms with Crippen molar-refractivity contribution in [2.75, 3.05) is 7.05 Å². The fraction of sp³-hybridized carbons (Fsp3) is 0.600. The summed E-state index contributed by atoms with van der Waals surface area (Å²) in [7, 11) is -2.18. The minimum Gasteiger partial charge on any atom is -0.309 e. The minimum absolute atomic E-state index is 0.0959. The van der Waals surface area contributed by atoms with Crippen LogP contribution >= 0.6 is 0 Å². The molecular formula is C15H25N3O3S. The van der Waals surface area contributed by atoms with E-state index in [4.69, 9.17) is 0 Å². The molecule has 0 aromatic carbocycles. The van der Waals surface area contributed by atoms with Crippen LogP contribution in [0.4, 0.5) is 0 Å². The number of hydrogen-bond acceptors (Lipinski definition) is 5. The quantitative estimate of drug-likeness (QED) is 0.829. The molecule has 2 atom stereocenters. The van der Waals surface area contributed by atoms with Gasteiger partial charge < -0.3 is 5.32 Å². The number of carbonyl (C=O) groups is 1. The van der Waals surface area contributed by atoms with E-state index in [1.807, 2.05) is 20.8 Å². The molecule has 0 aliphatic rings. The van der Waals surface area contributed by atoms with E-state index >= 15 is 0 Å². The molecule has 2 N–H and O–H groups in total. The molecule has 1 aromatic heterocycles. The van der Waals surface area contributed by atoms with Gasteiger partial charge in [0.1, 0.15) is 5.25 Å². The number of likely N-dealkylation sites (N-methyl/N-ethyl adjacent to an activating group) is 1. The predicted molar refractivity (Wildman–Crippen MR) is 86.6 cm³/mol. The number of nitrogens with zero attached hydrogens (tertiary/aromatic N) is 1. The molecule has 6 nitrogen and oxygen atoms in total. The Balaban J connectivity index is 2.85. The Morgan fingerprint density at radius 2 is 1.95 bits per heavy atom. The molecule has 0 saturated carbocycles. The molecule has 0 aliphatic carbocycles. The third-order valence-electron chi connectivity index (χ3n) is 3.29. The van der Waals surface area contributed by atoms with Crippen LogP contribution in [0.1, 0.15) is 45.1 Å². The lowest BCUT2D eigenvalue weighted by Gasteiger charge is -2.25. The highest BCUT2D eigenvalue weighted by Crippen LogP contribution is 2.22. The first-order valence-corrected chi connectivity index (χ1v) is 8.75. The first kappa shape index (κ1) is 18.6. The summed E-state index contributed by atoms with van der Waals surface area (Å²) in [5, 5.41) is 1.97. The maximum Gasteiger partial charge on any atom is 0.250 e. The molecule has 0 bridgehead atoms. The lowest BCUT2D eigenvalue weighted by atomic mass is 9.88. The second-order valence-corrected chi connectivity index (χ2v) is 8.52. The molecular weight excluding hydrogens is 302 g/mol. The third kappa shape index (κ3) is 5.38. The van der Waals surface area contributed by atoms with Crippen molar-refractivity contribution in [3.05, 3.63) is 30.1 Å². The molecule has 0 aliphatic heterocycles. The molecule has 22 heavy (non-hydrogen) atoms. The average molecular weight is 327 g/mol. The van der Waals surface area contributed by atoms with Crippen molar-refractivity contribution in [2.24, 2.45) is 5.41 Å². The monoisotopic (exact) mass is 327 g/mol. The summed E-state index contributed by atoms with van der Waals surface area (Å²) in [6.45, 7) is 7.50. The lowest BCUT2D eigenvalue weighted by molar-refractivity contribution is -0.121. The molecule has 1 amide bonds. The molecule has 0 spiro atoms. The normalized spacial score (nSPS) is 15.1. The Hall–Kier alpha value is -1.47. The highest BCUT2D eigenvalue weighted by molar-refractivity contribution is 7.90. The van der Waals surface area contributed by atoms with Crippen LogP contribution in [-0.2, 0) is 14.8 Å². The number of amides is 1. The first-order valence-electron chi connectivity index (χ1n) is 7.20. The Morgan fingerprint density at radius 3 is 2.41 bits per heavy atom. The second-order valence-electron chi connectivity index (χ2n) is 6.51. The number of carbonyl (C=O) groups excluding carboxylic acids is 1. The van der Waals surface area contributed by atoms with Gasteiger partial charge in [0.2, 0.25) is 10.0 Å². The van der Waals surface area contributed by atoms with E-state index < -0.39 is 27.2 Å². The van der Waals surface area contributed by atoms with Gasteiger partial charge in [0.25, 0.3) is 5.91 Å². The molecule has 1 rings (SSSR count).